The van der Waals surface area contributed by atoms with Crippen LogP contribution in [0.25, 0.3) is 27.8 Å². The molecule has 0 amide bonds. The summed E-state index contributed by atoms with van der Waals surface area (Å²) >= 11 is 0.0443. The molecule has 3 N–H and O–H groups in total. The van der Waals surface area contributed by atoms with Crippen LogP contribution in [0.5, 0.6) is 0 Å². The molecule has 3 aromatic heterocycles. The summed E-state index contributed by atoms with van der Waals surface area (Å²) in [4.78, 5) is 21.8. The van der Waals surface area contributed by atoms with Gasteiger partial charge < -0.3 is 4.98 Å². The fourth-order valence-electron chi connectivity index (χ4n) is 5.26. The molecule has 0 saturated heterocycles. The predicted molar refractivity (Wildman–Crippen MR) is 140 cm³/mol. The Labute approximate surface area is 219 Å². The molecule has 0 unspecified atom stereocenters. The van der Waals surface area contributed by atoms with Crippen molar-refractivity contribution in [3.05, 3.63) is 62.3 Å². The van der Waals surface area contributed by atoms with Gasteiger partial charge in [-0.1, -0.05) is 18.2 Å². The van der Waals surface area contributed by atoms with E-state index >= 15 is 0 Å². The average molecular weight is 591 g/mol. The third-order valence-electron chi connectivity index (χ3n) is 7.20. The van der Waals surface area contributed by atoms with Crippen LogP contribution < -0.4 is 26.9 Å². The van der Waals surface area contributed by atoms with Gasteiger partial charge in [0.25, 0.3) is 0 Å². The minimum atomic E-state index is 0.0443. The van der Waals surface area contributed by atoms with E-state index in [0.29, 0.717) is 23.5 Å². The minimum absolute atomic E-state index is 0.0443. The van der Waals surface area contributed by atoms with Gasteiger partial charge in [0.15, 0.2) is 5.82 Å². The molecule has 0 radical (unpaired) electrons. The standard InChI is InChI=1S/C27H28IN8/c1-30-26-24-23(22-14-19-4-2-3-5-21(19)34-22)35-27(36(24)33-16-32-26)18-8-6-17(7-9-18)11-13-31-25(29)20-10-12-28-15-20/h2-5,10,12,14-18,34H,1,6-9,11,13H2,(H2,29,31)/q-1. The van der Waals surface area contributed by atoms with Crippen LogP contribution in [-0.4, -0.2) is 43.7 Å². The van der Waals surface area contributed by atoms with Crippen LogP contribution in [0, 0.1) is 5.92 Å². The Kier molecular flexibility index (Phi) is 6.39. The van der Waals surface area contributed by atoms with E-state index in [1.807, 2.05) is 16.6 Å². The number of aromatic amines is 1. The number of H-pyrrole nitrogens is 1. The summed E-state index contributed by atoms with van der Waals surface area (Å²) in [6, 6.07) is 10.4. The van der Waals surface area contributed by atoms with Crippen LogP contribution in [0.3, 0.4) is 0 Å². The van der Waals surface area contributed by atoms with Gasteiger partial charge in [-0.05, 0) is 18.9 Å². The number of nitrogens with one attached hydrogen (secondary N) is 1. The number of nitrogens with zero attached hydrogens (tertiary/aromatic N) is 6. The van der Waals surface area contributed by atoms with Crippen molar-refractivity contribution in [2.75, 3.05) is 6.54 Å². The van der Waals surface area contributed by atoms with Gasteiger partial charge in [0.1, 0.15) is 17.5 Å². The second-order valence-electron chi connectivity index (χ2n) is 9.35. The third kappa shape index (κ3) is 4.36. The molecule has 36 heavy (non-hydrogen) atoms. The Morgan fingerprint density at radius 3 is 2.86 bits per heavy atom. The molecule has 1 fully saturated rings. The van der Waals surface area contributed by atoms with Gasteiger partial charge in [-0.3, -0.25) is 0 Å². The first-order chi connectivity index (χ1) is 17.7. The molecule has 0 atom stereocenters. The number of rotatable bonds is 7. The van der Waals surface area contributed by atoms with Gasteiger partial charge in [-0.25, -0.2) is 9.98 Å². The number of aromatic nitrogens is 5. The third-order valence-corrected chi connectivity index (χ3v) is 9.00. The number of halogens is 1. The summed E-state index contributed by atoms with van der Waals surface area (Å²) in [5.41, 5.74) is 10.9. The van der Waals surface area contributed by atoms with Crippen LogP contribution in [0.2, 0.25) is 0 Å². The van der Waals surface area contributed by atoms with E-state index in [4.69, 9.17) is 10.7 Å². The number of benzene rings is 1. The molecular formula is C27H28IN8-. The topological polar surface area (TPSA) is 110 Å². The van der Waals surface area contributed by atoms with Gasteiger partial charge in [0.05, 0.1) is 5.69 Å². The number of para-hydroxylation sites is 1. The number of imidazole rings is 1. The van der Waals surface area contributed by atoms with E-state index in [0.717, 1.165) is 77.9 Å². The van der Waals surface area contributed by atoms with Crippen LogP contribution in [0.4, 0.5) is 5.82 Å². The molecule has 2 aliphatic rings. The fourth-order valence-corrected chi connectivity index (χ4v) is 6.98. The van der Waals surface area contributed by atoms with Gasteiger partial charge >= 0.3 is 123 Å². The Morgan fingerprint density at radius 1 is 1.22 bits per heavy atom. The summed E-state index contributed by atoms with van der Waals surface area (Å²) in [6.07, 6.45) is 9.19. The molecule has 1 aliphatic heterocycles. The Bertz CT molecular complexity index is 1480. The second kappa shape index (κ2) is 9.96. The monoisotopic (exact) mass is 591 g/mol. The molecule has 4 aromatic rings. The molecule has 1 aliphatic carbocycles. The average Bonchev–Trinajstić information content (AvgIpc) is 3.67. The van der Waals surface area contributed by atoms with Crippen LogP contribution >= 0.6 is 0 Å². The zero-order valence-electron chi connectivity index (χ0n) is 19.9. The van der Waals surface area contributed by atoms with Gasteiger partial charge in [-0.2, -0.15) is 5.10 Å². The maximum absolute atomic E-state index is 6.15. The zero-order valence-corrected chi connectivity index (χ0v) is 22.1. The molecule has 4 heterocycles. The fraction of sp³-hybridized carbons (Fsp3) is 0.296. The first-order valence-electron chi connectivity index (χ1n) is 12.3. The molecule has 1 saturated carbocycles. The van der Waals surface area contributed by atoms with Crippen molar-refractivity contribution in [2.24, 2.45) is 21.6 Å². The summed E-state index contributed by atoms with van der Waals surface area (Å²) in [7, 11) is 0. The quantitative estimate of drug-likeness (QED) is 0.195. The number of aliphatic imine (C=N–C) groups is 2. The first-order valence-corrected chi connectivity index (χ1v) is 14.8. The summed E-state index contributed by atoms with van der Waals surface area (Å²) in [5, 5.41) is 5.74. The Balaban J connectivity index is 1.22. The predicted octanol–water partition coefficient (Wildman–Crippen LogP) is 2.13. The number of fused-ring (bicyclic) bond motifs is 2. The van der Waals surface area contributed by atoms with Crippen molar-refractivity contribution in [3.8, 4) is 11.4 Å². The summed E-state index contributed by atoms with van der Waals surface area (Å²) in [5.74, 6) is 3.23. The molecule has 0 spiro atoms. The van der Waals surface area contributed by atoms with Crippen LogP contribution in [0.15, 0.2) is 66.5 Å². The van der Waals surface area contributed by atoms with Gasteiger partial charge in [0, 0.05) is 10.9 Å². The SMILES string of the molecule is C=Nc1ncnn2c(C3CCC(CCN=C(N)C4=C[I-]C=C4)CC3)nc(-c3cc4ccccc4[nH]3)c12. The molecule has 1 aromatic carbocycles. The molecule has 184 valence electrons. The van der Waals surface area contributed by atoms with Crippen molar-refractivity contribution in [1.82, 2.24) is 24.6 Å². The number of nitrogens with two attached hydrogens (primary N) is 1. The second-order valence-corrected chi connectivity index (χ2v) is 11.4. The first kappa shape index (κ1) is 23.1. The van der Waals surface area contributed by atoms with E-state index in [1.54, 1.807) is 6.33 Å². The molecule has 8 nitrogen and oxygen atoms in total. The van der Waals surface area contributed by atoms with E-state index < -0.39 is 0 Å². The molecule has 6 rings (SSSR count). The summed E-state index contributed by atoms with van der Waals surface area (Å²) in [6.45, 7) is 4.53. The van der Waals surface area contributed by atoms with Crippen LogP contribution in [0.1, 0.15) is 43.8 Å². The minimum Gasteiger partial charge on any atom is -0.353 e. The van der Waals surface area contributed by atoms with E-state index in [2.05, 4.69) is 64.2 Å². The number of amidine groups is 1. The van der Waals surface area contributed by atoms with Gasteiger partial charge in [-0.15, -0.1) is 0 Å². The van der Waals surface area contributed by atoms with Gasteiger partial charge in [0.2, 0.25) is 0 Å². The van der Waals surface area contributed by atoms with Crippen molar-refractivity contribution in [2.45, 2.75) is 38.0 Å². The Hall–Kier alpha value is -3.34. The number of hydrogen-bond acceptors (Lipinski definition) is 5. The molecule has 9 heteroatoms. The maximum atomic E-state index is 6.15. The van der Waals surface area contributed by atoms with Crippen LogP contribution in [-0.2, 0) is 0 Å². The van der Waals surface area contributed by atoms with Crippen molar-refractivity contribution >= 4 is 34.8 Å². The molecule has 0 bridgehead atoms. The summed E-state index contributed by atoms with van der Waals surface area (Å²) < 4.78 is 6.39. The van der Waals surface area contributed by atoms with Crippen molar-refractivity contribution in [1.29, 1.82) is 0 Å². The van der Waals surface area contributed by atoms with E-state index in [1.165, 1.54) is 0 Å². The van der Waals surface area contributed by atoms with Crippen molar-refractivity contribution < 1.29 is 21.2 Å². The smallest absolute Gasteiger partial charge is 0.353 e. The van der Waals surface area contributed by atoms with E-state index in [-0.39, 0.29) is 21.2 Å². The Morgan fingerprint density at radius 2 is 2.08 bits per heavy atom. The zero-order chi connectivity index (χ0) is 24.5. The van der Waals surface area contributed by atoms with Crippen molar-refractivity contribution in [3.63, 3.8) is 0 Å². The number of hydrogen-bond donors (Lipinski definition) is 2. The van der Waals surface area contributed by atoms with E-state index in [9.17, 15) is 0 Å². The molecular weight excluding hydrogens is 563 g/mol. The normalized spacial score (nSPS) is 20.6.